The van der Waals surface area contributed by atoms with Gasteiger partial charge in [0.15, 0.2) is 11.5 Å². The van der Waals surface area contributed by atoms with Crippen LogP contribution in [-0.2, 0) is 17.6 Å². The number of benzene rings is 2. The molecule has 10 nitrogen and oxygen atoms in total. The number of aromatic hydroxyl groups is 1. The summed E-state index contributed by atoms with van der Waals surface area (Å²) in [6.07, 6.45) is -5.84. The Bertz CT molecular complexity index is 947. The molecule has 0 unspecified atom stereocenters. The lowest BCUT2D eigenvalue weighted by molar-refractivity contribution is -0.277. The molecule has 2 aliphatic rings. The molecule has 1 fully saturated rings. The van der Waals surface area contributed by atoms with Crippen LogP contribution >= 0.6 is 0 Å². The fraction of sp³-hybridized carbons (Fsp3) is 0.455. The lowest BCUT2D eigenvalue weighted by atomic mass is 9.99. The van der Waals surface area contributed by atoms with E-state index < -0.39 is 37.3 Å². The molecule has 0 spiro atoms. The monoisotopic (exact) mass is 450 g/mol. The van der Waals surface area contributed by atoms with Crippen LogP contribution < -0.4 is 18.9 Å². The zero-order valence-electron chi connectivity index (χ0n) is 17.4. The van der Waals surface area contributed by atoms with Crippen LogP contribution in [0.5, 0.6) is 28.7 Å². The van der Waals surface area contributed by atoms with Crippen LogP contribution in [-0.4, -0.2) is 76.7 Å². The number of rotatable bonds is 7. The molecule has 0 saturated carbocycles. The summed E-state index contributed by atoms with van der Waals surface area (Å²) in [4.78, 5) is 0. The van der Waals surface area contributed by atoms with Crippen molar-refractivity contribution in [3.63, 3.8) is 0 Å². The Balaban J connectivity index is 1.46. The van der Waals surface area contributed by atoms with Crippen molar-refractivity contribution in [1.82, 2.24) is 0 Å². The summed E-state index contributed by atoms with van der Waals surface area (Å²) in [7, 11) is 1.55. The molecular weight excluding hydrogens is 424 g/mol. The number of phenolic OH excluding ortho intramolecular Hbond substituents is 1. The molecule has 4 rings (SSSR count). The first-order valence-corrected chi connectivity index (χ1v) is 10.2. The van der Waals surface area contributed by atoms with E-state index in [9.17, 15) is 25.5 Å². The van der Waals surface area contributed by atoms with Crippen LogP contribution in [0.4, 0.5) is 0 Å². The van der Waals surface area contributed by atoms with Crippen molar-refractivity contribution in [1.29, 1.82) is 0 Å². The number of methoxy groups -OCH3 is 1. The van der Waals surface area contributed by atoms with Crippen LogP contribution in [0.1, 0.15) is 11.1 Å². The molecule has 2 aliphatic heterocycles. The van der Waals surface area contributed by atoms with E-state index >= 15 is 0 Å². The molecule has 1 saturated heterocycles. The minimum absolute atomic E-state index is 0.0506. The number of phenols is 1. The molecule has 2 aromatic rings. The van der Waals surface area contributed by atoms with Crippen molar-refractivity contribution in [3.05, 3.63) is 41.5 Å². The molecule has 5 N–H and O–H groups in total. The van der Waals surface area contributed by atoms with E-state index in [2.05, 4.69) is 0 Å². The van der Waals surface area contributed by atoms with Crippen LogP contribution in [0.2, 0.25) is 0 Å². The largest absolute Gasteiger partial charge is 0.508 e. The second kappa shape index (κ2) is 9.39. The molecule has 0 amide bonds. The summed E-state index contributed by atoms with van der Waals surface area (Å²) in [5.41, 5.74) is 1.70. The Morgan fingerprint density at radius 2 is 1.69 bits per heavy atom. The third kappa shape index (κ3) is 4.54. The molecule has 0 aromatic heterocycles. The van der Waals surface area contributed by atoms with Gasteiger partial charge in [0.05, 0.1) is 13.7 Å². The van der Waals surface area contributed by atoms with Crippen molar-refractivity contribution in [3.8, 4) is 28.7 Å². The molecule has 5 atom stereocenters. The van der Waals surface area contributed by atoms with Crippen molar-refractivity contribution >= 4 is 0 Å². The third-order valence-corrected chi connectivity index (χ3v) is 5.47. The first-order chi connectivity index (χ1) is 15.4. The second-order valence-corrected chi connectivity index (χ2v) is 7.68. The molecule has 0 bridgehead atoms. The maximum absolute atomic E-state index is 10.2. The van der Waals surface area contributed by atoms with Gasteiger partial charge in [-0.2, -0.15) is 0 Å². The van der Waals surface area contributed by atoms with Gasteiger partial charge in [-0.05, 0) is 48.2 Å². The summed E-state index contributed by atoms with van der Waals surface area (Å²) in [6, 6.07) is 8.34. The van der Waals surface area contributed by atoms with Gasteiger partial charge >= 0.3 is 0 Å². The number of hydrogen-bond acceptors (Lipinski definition) is 10. The van der Waals surface area contributed by atoms with Crippen molar-refractivity contribution in [2.24, 2.45) is 0 Å². The molecular formula is C22H26O10. The van der Waals surface area contributed by atoms with Crippen molar-refractivity contribution < 1.29 is 49.2 Å². The van der Waals surface area contributed by atoms with Gasteiger partial charge in [-0.25, -0.2) is 0 Å². The number of hydrogen-bond donors (Lipinski definition) is 5. The average molecular weight is 450 g/mol. The van der Waals surface area contributed by atoms with E-state index in [4.69, 9.17) is 23.7 Å². The summed E-state index contributed by atoms with van der Waals surface area (Å²) < 4.78 is 27.2. The fourth-order valence-corrected chi connectivity index (χ4v) is 3.77. The van der Waals surface area contributed by atoms with Crippen LogP contribution in [0.15, 0.2) is 30.3 Å². The molecule has 174 valence electrons. The topological polar surface area (TPSA) is 147 Å². The molecule has 0 aliphatic carbocycles. The number of aliphatic hydroxyl groups excluding tert-OH is 4. The van der Waals surface area contributed by atoms with Gasteiger partial charge < -0.3 is 49.2 Å². The minimum Gasteiger partial charge on any atom is -0.508 e. The van der Waals surface area contributed by atoms with Crippen LogP contribution in [0.3, 0.4) is 0 Å². The lowest BCUT2D eigenvalue weighted by Gasteiger charge is -2.39. The van der Waals surface area contributed by atoms with Gasteiger partial charge in [0.2, 0.25) is 18.8 Å². The zero-order chi connectivity index (χ0) is 22.8. The SMILES string of the molecule is COc1cc(CCc2cc(O)cc(O[C@@H]3O[C@H](CO)[C@@H](O)[C@H](O)[C@H]3O)c2)cc2c1OCO2. The second-order valence-electron chi connectivity index (χ2n) is 7.68. The highest BCUT2D eigenvalue weighted by molar-refractivity contribution is 5.55. The molecule has 32 heavy (non-hydrogen) atoms. The molecule has 0 radical (unpaired) electrons. The highest BCUT2D eigenvalue weighted by atomic mass is 16.7. The Morgan fingerprint density at radius 3 is 2.41 bits per heavy atom. The summed E-state index contributed by atoms with van der Waals surface area (Å²) >= 11 is 0. The smallest absolute Gasteiger partial charge is 0.231 e. The van der Waals surface area contributed by atoms with Crippen LogP contribution in [0, 0.1) is 0 Å². The molecule has 2 aromatic carbocycles. The predicted molar refractivity (Wildman–Crippen MR) is 109 cm³/mol. The lowest BCUT2D eigenvalue weighted by Crippen LogP contribution is -2.60. The molecule has 2 heterocycles. The van der Waals surface area contributed by atoms with Gasteiger partial charge in [-0.1, -0.05) is 0 Å². The highest BCUT2D eigenvalue weighted by Gasteiger charge is 2.44. The van der Waals surface area contributed by atoms with Crippen LogP contribution in [0.25, 0.3) is 0 Å². The van der Waals surface area contributed by atoms with E-state index in [0.29, 0.717) is 30.1 Å². The Kier molecular flexibility index (Phi) is 6.58. The first-order valence-electron chi connectivity index (χ1n) is 10.2. The average Bonchev–Trinajstić information content (AvgIpc) is 3.26. The van der Waals surface area contributed by atoms with Gasteiger partial charge in [-0.15, -0.1) is 0 Å². The summed E-state index contributed by atoms with van der Waals surface area (Å²) in [6.45, 7) is -0.421. The third-order valence-electron chi connectivity index (χ3n) is 5.47. The number of ether oxygens (including phenoxy) is 5. The number of aliphatic hydroxyl groups is 4. The number of aryl methyl sites for hydroxylation is 2. The quantitative estimate of drug-likeness (QED) is 0.393. The Morgan fingerprint density at radius 1 is 0.938 bits per heavy atom. The minimum atomic E-state index is -1.55. The number of fused-ring (bicyclic) bond motifs is 1. The van der Waals surface area contributed by atoms with E-state index in [1.807, 2.05) is 12.1 Å². The maximum atomic E-state index is 10.2. The Labute approximate surface area is 184 Å². The molecule has 10 heteroatoms. The Hall–Kier alpha value is -2.76. The zero-order valence-corrected chi connectivity index (χ0v) is 17.4. The van der Waals surface area contributed by atoms with Gasteiger partial charge in [0.25, 0.3) is 0 Å². The predicted octanol–water partition coefficient (Wildman–Crippen LogP) is 0.0934. The van der Waals surface area contributed by atoms with Crippen molar-refractivity contribution in [2.45, 2.75) is 43.5 Å². The van der Waals surface area contributed by atoms with Crippen molar-refractivity contribution in [2.75, 3.05) is 20.5 Å². The highest BCUT2D eigenvalue weighted by Crippen LogP contribution is 2.42. The summed E-state index contributed by atoms with van der Waals surface area (Å²) in [5.74, 6) is 1.92. The van der Waals surface area contributed by atoms with E-state index in [-0.39, 0.29) is 18.3 Å². The van der Waals surface area contributed by atoms with E-state index in [0.717, 1.165) is 11.1 Å². The van der Waals surface area contributed by atoms with E-state index in [1.165, 1.54) is 6.07 Å². The van der Waals surface area contributed by atoms with E-state index in [1.54, 1.807) is 19.2 Å². The van der Waals surface area contributed by atoms with Gasteiger partial charge in [0, 0.05) is 6.07 Å². The first kappa shape index (κ1) is 22.4. The van der Waals surface area contributed by atoms with Gasteiger partial charge in [-0.3, -0.25) is 0 Å². The summed E-state index contributed by atoms with van der Waals surface area (Å²) in [5, 5.41) is 49.4. The fourth-order valence-electron chi connectivity index (χ4n) is 3.77. The maximum Gasteiger partial charge on any atom is 0.231 e. The normalized spacial score (nSPS) is 26.7. The standard InChI is InChI=1S/C22H26O10/c1-28-15-6-12(7-16-21(15)30-10-29-16)3-2-11-4-13(24)8-14(5-11)31-22-20(27)19(26)18(25)17(9-23)32-22/h4-8,17-20,22-27H,2-3,9-10H2,1H3/t17-,18-,19+,20-,22-/m1/s1. The van der Waals surface area contributed by atoms with Gasteiger partial charge in [0.1, 0.15) is 35.9 Å².